The van der Waals surface area contributed by atoms with Crippen molar-refractivity contribution < 1.29 is 19.4 Å². The van der Waals surface area contributed by atoms with E-state index in [0.717, 1.165) is 45.3 Å². The summed E-state index contributed by atoms with van der Waals surface area (Å²) in [6, 6.07) is 7.71. The van der Waals surface area contributed by atoms with Crippen LogP contribution < -0.4 is 21.5 Å². The molecule has 6 N–H and O–H groups in total. The van der Waals surface area contributed by atoms with Crippen LogP contribution in [0.15, 0.2) is 24.3 Å². The average molecular weight is 520 g/mol. The van der Waals surface area contributed by atoms with Gasteiger partial charge in [0.1, 0.15) is 5.75 Å². The number of amides is 2. The molecule has 1 aliphatic heterocycles. The van der Waals surface area contributed by atoms with Crippen molar-refractivity contribution >= 4 is 35.1 Å². The lowest BCUT2D eigenvalue weighted by Crippen LogP contribution is -2.48. The highest BCUT2D eigenvalue weighted by molar-refractivity contribution is 6.31. The van der Waals surface area contributed by atoms with E-state index < -0.39 is 5.91 Å². The zero-order valence-electron chi connectivity index (χ0n) is 20.5. The van der Waals surface area contributed by atoms with Gasteiger partial charge >= 0.3 is 0 Å². The maximum atomic E-state index is 12.6. The van der Waals surface area contributed by atoms with Crippen LogP contribution in [0.2, 0.25) is 5.15 Å². The minimum atomic E-state index is -0.405. The second-order valence-electron chi connectivity index (χ2n) is 8.82. The predicted molar refractivity (Wildman–Crippen MR) is 138 cm³/mol. The summed E-state index contributed by atoms with van der Waals surface area (Å²) < 4.78 is 5.54. The van der Waals surface area contributed by atoms with Gasteiger partial charge in [-0.05, 0) is 56.5 Å². The molecule has 1 aromatic heterocycles. The number of likely N-dealkylation sites (tertiary alicyclic amines) is 1. The third-order valence-electron chi connectivity index (χ3n) is 6.05. The number of aromatic nitrogens is 2. The molecule has 0 aliphatic carbocycles. The number of piperidine rings is 1. The van der Waals surface area contributed by atoms with Crippen LogP contribution in [0.4, 0.5) is 11.6 Å². The van der Waals surface area contributed by atoms with Crippen molar-refractivity contribution in [3.8, 4) is 5.75 Å². The molecule has 0 saturated carbocycles. The Balaban J connectivity index is 1.41. The van der Waals surface area contributed by atoms with E-state index in [1.54, 1.807) is 7.05 Å². The van der Waals surface area contributed by atoms with Gasteiger partial charge in [-0.3, -0.25) is 9.59 Å². The molecular weight excluding hydrogens is 486 g/mol. The molecule has 36 heavy (non-hydrogen) atoms. The normalized spacial score (nSPS) is 15.9. The minimum absolute atomic E-state index is 0.00565. The van der Waals surface area contributed by atoms with Crippen molar-refractivity contribution in [1.82, 2.24) is 25.1 Å². The molecule has 1 atom stereocenters. The molecule has 2 heterocycles. The number of hydrogen-bond donors (Lipinski definition) is 4. The lowest BCUT2D eigenvalue weighted by molar-refractivity contribution is -0.132. The number of ether oxygens (including phenoxy) is 1. The Morgan fingerprint density at radius 3 is 2.72 bits per heavy atom. The van der Waals surface area contributed by atoms with Crippen molar-refractivity contribution in [2.24, 2.45) is 0 Å². The molecule has 0 spiro atoms. The van der Waals surface area contributed by atoms with Crippen molar-refractivity contribution in [2.45, 2.75) is 31.7 Å². The van der Waals surface area contributed by atoms with Gasteiger partial charge in [0.15, 0.2) is 29.1 Å². The van der Waals surface area contributed by atoms with E-state index in [2.05, 4.69) is 20.2 Å². The first-order chi connectivity index (χ1) is 17.3. The van der Waals surface area contributed by atoms with Gasteiger partial charge in [-0.2, -0.15) is 0 Å². The molecule has 2 aromatic rings. The molecule has 12 heteroatoms. The number of benzene rings is 1. The van der Waals surface area contributed by atoms with Crippen LogP contribution in [0.25, 0.3) is 0 Å². The van der Waals surface area contributed by atoms with Gasteiger partial charge in [-0.15, -0.1) is 0 Å². The number of hydrogen-bond acceptors (Lipinski definition) is 9. The molecule has 0 bridgehead atoms. The van der Waals surface area contributed by atoms with Gasteiger partial charge < -0.3 is 36.4 Å². The summed E-state index contributed by atoms with van der Waals surface area (Å²) in [5, 5.41) is 11.8. The van der Waals surface area contributed by atoms with Gasteiger partial charge in [0.25, 0.3) is 11.8 Å². The van der Waals surface area contributed by atoms with Crippen LogP contribution in [0.1, 0.15) is 35.3 Å². The van der Waals surface area contributed by atoms with Crippen LogP contribution in [-0.2, 0) is 11.2 Å². The number of aryl methyl sites for hydroxylation is 1. The first-order valence-electron chi connectivity index (χ1n) is 11.9. The number of likely N-dealkylation sites (N-methyl/N-ethyl adjacent to an activating group) is 1. The minimum Gasteiger partial charge on any atom is -0.484 e. The summed E-state index contributed by atoms with van der Waals surface area (Å²) in [6.07, 6.45) is 3.73. The van der Waals surface area contributed by atoms with Crippen molar-refractivity contribution in [1.29, 1.82) is 0 Å². The fraction of sp³-hybridized carbons (Fsp3) is 0.500. The Morgan fingerprint density at radius 2 is 2.00 bits per heavy atom. The Bertz CT molecular complexity index is 1040. The van der Waals surface area contributed by atoms with Crippen molar-refractivity contribution in [3.05, 3.63) is 40.7 Å². The molecule has 0 radical (unpaired) electrons. The zero-order valence-corrected chi connectivity index (χ0v) is 21.2. The van der Waals surface area contributed by atoms with Crippen molar-refractivity contribution in [3.63, 3.8) is 0 Å². The summed E-state index contributed by atoms with van der Waals surface area (Å²) in [4.78, 5) is 36.1. The first-order valence-corrected chi connectivity index (χ1v) is 12.3. The predicted octanol–water partition coefficient (Wildman–Crippen LogP) is 0.951. The van der Waals surface area contributed by atoms with E-state index in [9.17, 15) is 9.59 Å². The topological polar surface area (TPSA) is 160 Å². The number of nitrogen functional groups attached to an aromatic ring is 2. The van der Waals surface area contributed by atoms with Gasteiger partial charge in [0.2, 0.25) is 0 Å². The molecule has 1 aromatic carbocycles. The van der Waals surface area contributed by atoms with E-state index in [1.807, 2.05) is 24.3 Å². The maximum Gasteiger partial charge on any atom is 0.274 e. The number of halogens is 1. The second kappa shape index (κ2) is 13.2. The third-order valence-corrected chi connectivity index (χ3v) is 6.33. The first kappa shape index (κ1) is 27.4. The highest BCUT2D eigenvalue weighted by Crippen LogP contribution is 2.19. The van der Waals surface area contributed by atoms with Gasteiger partial charge in [0, 0.05) is 26.2 Å². The molecule has 11 nitrogen and oxygen atoms in total. The van der Waals surface area contributed by atoms with Crippen LogP contribution in [0.3, 0.4) is 0 Å². The Labute approximate surface area is 215 Å². The number of aliphatic hydroxyl groups is 1. The van der Waals surface area contributed by atoms with Gasteiger partial charge in [-0.1, -0.05) is 23.7 Å². The Kier molecular flexibility index (Phi) is 10.1. The quantitative estimate of drug-likeness (QED) is 0.339. The standard InChI is InChI=1S/C24H34ClN7O4/c1-31(12-13-33)19(34)15-36-18-8-6-16(7-9-18)4-2-10-32-11-3-5-17(14-32)28-24(35)20-22(26)30-23(27)21(25)29-20/h6-9,17,33H,2-5,10-15H2,1H3,(H,28,35)(H4,26,27,30). The number of nitrogens with zero attached hydrogens (tertiary/aromatic N) is 4. The smallest absolute Gasteiger partial charge is 0.274 e. The summed E-state index contributed by atoms with van der Waals surface area (Å²) in [7, 11) is 1.63. The summed E-state index contributed by atoms with van der Waals surface area (Å²) in [6.45, 7) is 2.78. The van der Waals surface area contributed by atoms with Gasteiger partial charge in [-0.25, -0.2) is 9.97 Å². The molecular formula is C24H34ClN7O4. The molecule has 3 rings (SSSR count). The van der Waals surface area contributed by atoms with Crippen LogP contribution in [0, 0.1) is 0 Å². The SMILES string of the molecule is CN(CCO)C(=O)COc1ccc(CCCN2CCCC(NC(=O)c3nc(Cl)c(N)nc3N)C2)cc1. The van der Waals surface area contributed by atoms with Crippen molar-refractivity contribution in [2.75, 3.05) is 57.9 Å². The molecule has 1 unspecified atom stereocenters. The lowest BCUT2D eigenvalue weighted by atomic mass is 10.0. The van der Waals surface area contributed by atoms with Crippen LogP contribution in [-0.4, -0.2) is 89.2 Å². The van der Waals surface area contributed by atoms with E-state index in [1.165, 1.54) is 10.5 Å². The summed E-state index contributed by atoms with van der Waals surface area (Å²) in [5.74, 6) is -0.00420. The fourth-order valence-corrected chi connectivity index (χ4v) is 4.15. The summed E-state index contributed by atoms with van der Waals surface area (Å²) >= 11 is 5.89. The Morgan fingerprint density at radius 1 is 1.25 bits per heavy atom. The van der Waals surface area contributed by atoms with E-state index >= 15 is 0 Å². The lowest BCUT2D eigenvalue weighted by Gasteiger charge is -2.33. The molecule has 1 fully saturated rings. The number of nitrogens with two attached hydrogens (primary N) is 2. The largest absolute Gasteiger partial charge is 0.484 e. The van der Waals surface area contributed by atoms with Gasteiger partial charge in [0.05, 0.1) is 6.61 Å². The molecule has 1 saturated heterocycles. The van der Waals surface area contributed by atoms with E-state index in [-0.39, 0.29) is 54.2 Å². The molecule has 2 amide bonds. The number of nitrogens with one attached hydrogen (secondary N) is 1. The number of carbonyl (C=O) groups is 2. The molecule has 1 aliphatic rings. The van der Waals surface area contributed by atoms with Crippen LogP contribution in [0.5, 0.6) is 5.75 Å². The monoisotopic (exact) mass is 519 g/mol. The second-order valence-corrected chi connectivity index (χ2v) is 9.18. The van der Waals surface area contributed by atoms with E-state index in [4.69, 9.17) is 32.9 Å². The van der Waals surface area contributed by atoms with E-state index in [0.29, 0.717) is 5.75 Å². The summed E-state index contributed by atoms with van der Waals surface area (Å²) in [5.41, 5.74) is 12.5. The number of carbonyl (C=O) groups excluding carboxylic acids is 2. The highest BCUT2D eigenvalue weighted by atomic mass is 35.5. The zero-order chi connectivity index (χ0) is 26.1. The maximum absolute atomic E-state index is 12.6. The average Bonchev–Trinajstić information content (AvgIpc) is 2.86. The molecule has 196 valence electrons. The Hall–Kier alpha value is -3.15. The third kappa shape index (κ3) is 7.94. The number of anilines is 2. The number of aliphatic hydroxyl groups excluding tert-OH is 1. The highest BCUT2D eigenvalue weighted by Gasteiger charge is 2.24. The van der Waals surface area contributed by atoms with Crippen LogP contribution >= 0.6 is 11.6 Å². The number of rotatable bonds is 11. The fourth-order valence-electron chi connectivity index (χ4n) is 4.03.